The molecule has 0 radical (unpaired) electrons. The fraction of sp³-hybridized carbons (Fsp3) is 0.222. The highest BCUT2D eigenvalue weighted by Gasteiger charge is 2.27. The van der Waals surface area contributed by atoms with Crippen LogP contribution in [0.1, 0.15) is 12.5 Å². The molecular weight excluding hydrogens is 377 g/mol. The van der Waals surface area contributed by atoms with E-state index in [0.29, 0.717) is 32.7 Å². The molecule has 1 aliphatic rings. The quantitative estimate of drug-likeness (QED) is 0.696. The van der Waals surface area contributed by atoms with Gasteiger partial charge in [-0.25, -0.2) is 9.69 Å². The summed E-state index contributed by atoms with van der Waals surface area (Å²) in [4.78, 5) is 19.0. The Labute approximate surface area is 161 Å². The van der Waals surface area contributed by atoms with Crippen LogP contribution in [0.2, 0.25) is 10.0 Å². The highest BCUT2D eigenvalue weighted by molar-refractivity contribution is 8.15. The number of thioether (sulfide) groups is 1. The van der Waals surface area contributed by atoms with Crippen LogP contribution in [0.4, 0.5) is 16.2 Å². The monoisotopic (exact) mass is 393 g/mol. The Bertz CT molecular complexity index is 824. The highest BCUT2D eigenvalue weighted by Crippen LogP contribution is 2.29. The summed E-state index contributed by atoms with van der Waals surface area (Å²) in [5, 5.41) is 4.74. The standard InChI is InChI=1S/C18H17Cl2N3OS/c1-11-3-6-14(7-4-11)23(18-21-10-12(2)25-18)17(24)22-13-5-8-15(19)16(20)9-13/h3-9,12H,10H2,1-2H3,(H,22,24). The number of amides is 2. The molecule has 2 amide bonds. The number of amidine groups is 1. The maximum Gasteiger partial charge on any atom is 0.332 e. The first-order valence-electron chi connectivity index (χ1n) is 7.78. The van der Waals surface area contributed by atoms with Gasteiger partial charge in [-0.2, -0.15) is 0 Å². The van der Waals surface area contributed by atoms with E-state index in [0.717, 1.165) is 11.3 Å². The maximum atomic E-state index is 12.9. The number of nitrogens with one attached hydrogen (secondary N) is 1. The predicted octanol–water partition coefficient (Wildman–Crippen LogP) is 5.83. The molecule has 130 valence electrons. The number of hydrogen-bond donors (Lipinski definition) is 1. The summed E-state index contributed by atoms with van der Waals surface area (Å²) in [6, 6.07) is 12.5. The molecular formula is C18H17Cl2N3OS. The molecule has 1 heterocycles. The summed E-state index contributed by atoms with van der Waals surface area (Å²) in [7, 11) is 0. The lowest BCUT2D eigenvalue weighted by Crippen LogP contribution is -2.38. The van der Waals surface area contributed by atoms with Crippen molar-refractivity contribution < 1.29 is 4.79 Å². The van der Waals surface area contributed by atoms with E-state index in [1.807, 2.05) is 31.2 Å². The van der Waals surface area contributed by atoms with E-state index in [9.17, 15) is 4.79 Å². The van der Waals surface area contributed by atoms with Crippen molar-refractivity contribution in [3.8, 4) is 0 Å². The zero-order chi connectivity index (χ0) is 18.0. The topological polar surface area (TPSA) is 44.7 Å². The number of carbonyl (C=O) groups is 1. The molecule has 3 rings (SSSR count). The Morgan fingerprint density at radius 2 is 1.92 bits per heavy atom. The summed E-state index contributed by atoms with van der Waals surface area (Å²) in [5.41, 5.74) is 2.47. The second-order valence-corrected chi connectivity index (χ2v) is 8.00. The summed E-state index contributed by atoms with van der Waals surface area (Å²) >= 11 is 13.6. The van der Waals surface area contributed by atoms with E-state index in [2.05, 4.69) is 17.2 Å². The zero-order valence-electron chi connectivity index (χ0n) is 13.8. The van der Waals surface area contributed by atoms with Gasteiger partial charge in [-0.05, 0) is 37.3 Å². The molecule has 7 heteroatoms. The largest absolute Gasteiger partial charge is 0.332 e. The van der Waals surface area contributed by atoms with E-state index in [1.54, 1.807) is 34.9 Å². The summed E-state index contributed by atoms with van der Waals surface area (Å²) < 4.78 is 0. The van der Waals surface area contributed by atoms with Gasteiger partial charge in [0.05, 0.1) is 22.3 Å². The Balaban J connectivity index is 1.89. The molecule has 25 heavy (non-hydrogen) atoms. The van der Waals surface area contributed by atoms with Crippen molar-refractivity contribution in [1.82, 2.24) is 0 Å². The molecule has 0 aromatic heterocycles. The lowest BCUT2D eigenvalue weighted by molar-refractivity contribution is 0.259. The summed E-state index contributed by atoms with van der Waals surface area (Å²) in [6.07, 6.45) is 0. The van der Waals surface area contributed by atoms with Gasteiger partial charge in [0.15, 0.2) is 5.17 Å². The van der Waals surface area contributed by atoms with Crippen molar-refractivity contribution in [2.24, 2.45) is 4.99 Å². The fourth-order valence-corrected chi connectivity index (χ4v) is 3.60. The van der Waals surface area contributed by atoms with Crippen molar-refractivity contribution in [1.29, 1.82) is 0 Å². The number of aryl methyl sites for hydroxylation is 1. The van der Waals surface area contributed by atoms with Gasteiger partial charge in [-0.1, -0.05) is 59.6 Å². The molecule has 4 nitrogen and oxygen atoms in total. The van der Waals surface area contributed by atoms with Crippen LogP contribution < -0.4 is 10.2 Å². The minimum atomic E-state index is -0.289. The van der Waals surface area contributed by atoms with Crippen LogP contribution in [-0.4, -0.2) is 23.0 Å². The number of urea groups is 1. The molecule has 1 N–H and O–H groups in total. The average molecular weight is 394 g/mol. The second kappa shape index (κ2) is 7.68. The number of carbonyl (C=O) groups excluding carboxylic acids is 1. The number of benzene rings is 2. The van der Waals surface area contributed by atoms with Gasteiger partial charge in [-0.15, -0.1) is 0 Å². The van der Waals surface area contributed by atoms with Crippen LogP contribution in [0.25, 0.3) is 0 Å². The third-order valence-corrected chi connectivity index (χ3v) is 5.46. The van der Waals surface area contributed by atoms with Crippen molar-refractivity contribution in [3.05, 3.63) is 58.1 Å². The predicted molar refractivity (Wildman–Crippen MR) is 108 cm³/mol. The molecule has 1 atom stereocenters. The molecule has 2 aromatic rings. The number of hydrogen-bond acceptors (Lipinski definition) is 3. The van der Waals surface area contributed by atoms with E-state index < -0.39 is 0 Å². The van der Waals surface area contributed by atoms with Gasteiger partial charge in [0.25, 0.3) is 0 Å². The van der Waals surface area contributed by atoms with Crippen molar-refractivity contribution >= 4 is 57.5 Å². The number of halogens is 2. The zero-order valence-corrected chi connectivity index (χ0v) is 16.1. The Hall–Kier alpha value is -1.69. The first-order chi connectivity index (χ1) is 11.9. The molecule has 0 fully saturated rings. The van der Waals surface area contributed by atoms with Gasteiger partial charge in [0.2, 0.25) is 0 Å². The van der Waals surface area contributed by atoms with Crippen molar-refractivity contribution in [3.63, 3.8) is 0 Å². The van der Waals surface area contributed by atoms with Crippen LogP contribution in [0.3, 0.4) is 0 Å². The molecule has 1 unspecified atom stereocenters. The van der Waals surface area contributed by atoms with Gasteiger partial charge in [0.1, 0.15) is 0 Å². The molecule has 0 bridgehead atoms. The number of aliphatic imine (C=N–C) groups is 1. The normalized spacial score (nSPS) is 16.5. The highest BCUT2D eigenvalue weighted by atomic mass is 35.5. The lowest BCUT2D eigenvalue weighted by Gasteiger charge is -2.23. The molecule has 2 aromatic carbocycles. The first kappa shape index (κ1) is 18.1. The van der Waals surface area contributed by atoms with Gasteiger partial charge in [-0.3, -0.25) is 4.99 Å². The third-order valence-electron chi connectivity index (χ3n) is 3.65. The summed E-state index contributed by atoms with van der Waals surface area (Å²) in [5.74, 6) is 0. The molecule has 1 aliphatic heterocycles. The number of anilines is 2. The Morgan fingerprint density at radius 1 is 1.20 bits per heavy atom. The average Bonchev–Trinajstić information content (AvgIpc) is 2.99. The Morgan fingerprint density at radius 3 is 2.52 bits per heavy atom. The smallest absolute Gasteiger partial charge is 0.307 e. The van der Waals surface area contributed by atoms with Crippen LogP contribution >= 0.6 is 35.0 Å². The third kappa shape index (κ3) is 4.29. The van der Waals surface area contributed by atoms with Crippen LogP contribution in [0.5, 0.6) is 0 Å². The molecule has 0 aliphatic carbocycles. The van der Waals surface area contributed by atoms with Crippen molar-refractivity contribution in [2.75, 3.05) is 16.8 Å². The van der Waals surface area contributed by atoms with Crippen LogP contribution in [-0.2, 0) is 0 Å². The van der Waals surface area contributed by atoms with Crippen LogP contribution in [0.15, 0.2) is 47.5 Å². The van der Waals surface area contributed by atoms with Gasteiger partial charge in [0, 0.05) is 10.9 Å². The van der Waals surface area contributed by atoms with Gasteiger partial charge < -0.3 is 5.32 Å². The molecule has 0 saturated heterocycles. The molecule has 0 spiro atoms. The van der Waals surface area contributed by atoms with E-state index in [1.165, 1.54) is 0 Å². The number of nitrogens with zero attached hydrogens (tertiary/aromatic N) is 2. The van der Waals surface area contributed by atoms with E-state index in [4.69, 9.17) is 23.2 Å². The van der Waals surface area contributed by atoms with E-state index in [-0.39, 0.29) is 6.03 Å². The molecule has 0 saturated carbocycles. The second-order valence-electron chi connectivity index (χ2n) is 5.78. The van der Waals surface area contributed by atoms with Crippen LogP contribution in [0, 0.1) is 6.92 Å². The van der Waals surface area contributed by atoms with E-state index >= 15 is 0 Å². The first-order valence-corrected chi connectivity index (χ1v) is 9.41. The lowest BCUT2D eigenvalue weighted by atomic mass is 10.2. The minimum Gasteiger partial charge on any atom is -0.307 e. The van der Waals surface area contributed by atoms with Crippen molar-refractivity contribution in [2.45, 2.75) is 19.1 Å². The Kier molecular flexibility index (Phi) is 5.57. The minimum absolute atomic E-state index is 0.289. The number of rotatable bonds is 2. The SMILES string of the molecule is Cc1ccc(N(C(=O)Nc2ccc(Cl)c(Cl)c2)C2=NCC(C)S2)cc1. The maximum absolute atomic E-state index is 12.9. The summed E-state index contributed by atoms with van der Waals surface area (Å²) in [6.45, 7) is 4.79. The van der Waals surface area contributed by atoms with Gasteiger partial charge >= 0.3 is 6.03 Å². The fourth-order valence-electron chi connectivity index (χ4n) is 2.35.